The van der Waals surface area contributed by atoms with Crippen molar-refractivity contribution < 1.29 is 22.4 Å². The Morgan fingerprint density at radius 3 is 2.86 bits per heavy atom. The number of hydrogen-bond acceptors (Lipinski definition) is 5. The summed E-state index contributed by atoms with van der Waals surface area (Å²) in [5, 5.41) is 9.00. The largest absolute Gasteiger partial charge is 0.453 e. The van der Waals surface area contributed by atoms with E-state index in [1.165, 1.54) is 17.3 Å². The predicted octanol–water partition coefficient (Wildman–Crippen LogP) is 2.96. The SMILES string of the molecule is Cc1oncc1C1=NN(c2[c]ccc(C(F)(F)F)c2)CO1. The maximum atomic E-state index is 12.7. The highest BCUT2D eigenvalue weighted by molar-refractivity contribution is 5.96. The van der Waals surface area contributed by atoms with Crippen molar-refractivity contribution in [2.24, 2.45) is 5.10 Å². The number of anilines is 1. The average Bonchev–Trinajstić information content (AvgIpc) is 3.06. The number of hydrazone groups is 1. The molecule has 0 N–H and O–H groups in total. The summed E-state index contributed by atoms with van der Waals surface area (Å²) in [6.07, 6.45) is -2.98. The van der Waals surface area contributed by atoms with Crippen molar-refractivity contribution in [3.63, 3.8) is 0 Å². The fourth-order valence-corrected chi connectivity index (χ4v) is 1.83. The molecule has 0 fully saturated rings. The first-order chi connectivity index (χ1) is 9.95. The van der Waals surface area contributed by atoms with Crippen LogP contribution >= 0.6 is 0 Å². The number of alkyl halides is 3. The van der Waals surface area contributed by atoms with Crippen LogP contribution in [0.5, 0.6) is 0 Å². The number of hydrogen-bond donors (Lipinski definition) is 0. The maximum Gasteiger partial charge on any atom is 0.416 e. The van der Waals surface area contributed by atoms with Gasteiger partial charge in [0.1, 0.15) is 11.3 Å². The van der Waals surface area contributed by atoms with E-state index in [-0.39, 0.29) is 18.3 Å². The van der Waals surface area contributed by atoms with E-state index < -0.39 is 11.7 Å². The van der Waals surface area contributed by atoms with Crippen LogP contribution in [0.15, 0.2) is 34.0 Å². The molecule has 1 aliphatic heterocycles. The van der Waals surface area contributed by atoms with Crippen molar-refractivity contribution in [2.45, 2.75) is 13.1 Å². The average molecular weight is 296 g/mol. The van der Waals surface area contributed by atoms with Crippen LogP contribution in [0.25, 0.3) is 0 Å². The van der Waals surface area contributed by atoms with Crippen LogP contribution in [0.2, 0.25) is 0 Å². The molecule has 2 heterocycles. The fourth-order valence-electron chi connectivity index (χ4n) is 1.83. The molecule has 1 radical (unpaired) electrons. The molecule has 0 aliphatic carbocycles. The molecule has 0 spiro atoms. The van der Waals surface area contributed by atoms with Crippen LogP contribution in [-0.4, -0.2) is 17.8 Å². The highest BCUT2D eigenvalue weighted by Crippen LogP contribution is 2.32. The molecule has 0 saturated carbocycles. The zero-order chi connectivity index (χ0) is 15.0. The molecule has 3 rings (SSSR count). The third-order valence-corrected chi connectivity index (χ3v) is 2.91. The summed E-state index contributed by atoms with van der Waals surface area (Å²) in [6, 6.07) is 5.83. The number of aryl methyl sites for hydroxylation is 1. The molecule has 1 aliphatic rings. The van der Waals surface area contributed by atoms with Gasteiger partial charge in [0, 0.05) is 6.07 Å². The molecule has 5 nitrogen and oxygen atoms in total. The Bertz CT molecular complexity index is 694. The van der Waals surface area contributed by atoms with Gasteiger partial charge in [0.15, 0.2) is 6.73 Å². The minimum atomic E-state index is -4.41. The van der Waals surface area contributed by atoms with Crippen LogP contribution in [0, 0.1) is 13.0 Å². The first-order valence-electron chi connectivity index (χ1n) is 5.94. The van der Waals surface area contributed by atoms with Gasteiger partial charge in [0.2, 0.25) is 5.90 Å². The number of rotatable bonds is 2. The van der Waals surface area contributed by atoms with Gasteiger partial charge >= 0.3 is 6.18 Å². The number of halogens is 3. The Morgan fingerprint density at radius 2 is 2.19 bits per heavy atom. The van der Waals surface area contributed by atoms with Gasteiger partial charge < -0.3 is 9.26 Å². The monoisotopic (exact) mass is 296 g/mol. The molecule has 1 aromatic heterocycles. The van der Waals surface area contributed by atoms with Crippen molar-refractivity contribution in [1.29, 1.82) is 0 Å². The van der Waals surface area contributed by atoms with Crippen LogP contribution in [-0.2, 0) is 10.9 Å². The molecule has 0 amide bonds. The van der Waals surface area contributed by atoms with E-state index >= 15 is 0 Å². The summed E-state index contributed by atoms with van der Waals surface area (Å²) in [6.45, 7) is 1.69. The number of nitrogens with zero attached hydrogens (tertiary/aromatic N) is 3. The summed E-state index contributed by atoms with van der Waals surface area (Å²) in [5.41, 5.74) is -0.0283. The third kappa shape index (κ3) is 2.56. The molecule has 0 bridgehead atoms. The molecule has 0 saturated heterocycles. The Morgan fingerprint density at radius 1 is 1.38 bits per heavy atom. The maximum absolute atomic E-state index is 12.7. The summed E-state index contributed by atoms with van der Waals surface area (Å²) < 4.78 is 48.3. The van der Waals surface area contributed by atoms with Gasteiger partial charge in [-0.05, 0) is 19.1 Å². The van der Waals surface area contributed by atoms with Gasteiger partial charge in [-0.2, -0.15) is 13.2 Å². The molecule has 21 heavy (non-hydrogen) atoms. The lowest BCUT2D eigenvalue weighted by Gasteiger charge is -2.13. The zero-order valence-corrected chi connectivity index (χ0v) is 10.8. The minimum Gasteiger partial charge on any atom is -0.453 e. The predicted molar refractivity (Wildman–Crippen MR) is 66.5 cm³/mol. The normalized spacial score (nSPS) is 15.0. The lowest BCUT2D eigenvalue weighted by molar-refractivity contribution is -0.137. The number of aromatic nitrogens is 1. The van der Waals surface area contributed by atoms with Gasteiger partial charge in [-0.25, -0.2) is 5.01 Å². The van der Waals surface area contributed by atoms with E-state index in [2.05, 4.69) is 16.3 Å². The zero-order valence-electron chi connectivity index (χ0n) is 10.8. The quantitative estimate of drug-likeness (QED) is 0.855. The Balaban J connectivity index is 1.89. The smallest absolute Gasteiger partial charge is 0.416 e. The van der Waals surface area contributed by atoms with Crippen LogP contribution in [0.4, 0.5) is 18.9 Å². The van der Waals surface area contributed by atoms with Gasteiger partial charge in [-0.1, -0.05) is 11.2 Å². The van der Waals surface area contributed by atoms with E-state index in [1.54, 1.807) is 6.92 Å². The van der Waals surface area contributed by atoms with Gasteiger partial charge in [0.25, 0.3) is 0 Å². The standard InChI is InChI=1S/C13H9F3N3O2/c1-8-11(6-17-21-8)12-18-19(7-20-12)10-4-2-3-9(5-10)13(14,15)16/h2-3,5-6H,7H2,1H3. The van der Waals surface area contributed by atoms with Gasteiger partial charge in [-0.3, -0.25) is 0 Å². The molecule has 1 aromatic carbocycles. The highest BCUT2D eigenvalue weighted by Gasteiger charge is 2.31. The molecule has 0 atom stereocenters. The van der Waals surface area contributed by atoms with Crippen molar-refractivity contribution in [1.82, 2.24) is 5.16 Å². The highest BCUT2D eigenvalue weighted by atomic mass is 19.4. The van der Waals surface area contributed by atoms with Gasteiger partial charge in [0.05, 0.1) is 17.4 Å². The van der Waals surface area contributed by atoms with Gasteiger partial charge in [-0.15, -0.1) is 5.10 Å². The summed E-state index contributed by atoms with van der Waals surface area (Å²) in [5.74, 6) is 0.767. The molecule has 2 aromatic rings. The number of ether oxygens (including phenoxy) is 1. The second-order valence-corrected chi connectivity index (χ2v) is 4.33. The Kier molecular flexibility index (Phi) is 3.08. The molecule has 109 valence electrons. The fraction of sp³-hybridized carbons (Fsp3) is 0.231. The second kappa shape index (κ2) is 4.80. The second-order valence-electron chi connectivity index (χ2n) is 4.33. The minimum absolute atomic E-state index is 0.00222. The third-order valence-electron chi connectivity index (χ3n) is 2.91. The van der Waals surface area contributed by atoms with Crippen molar-refractivity contribution in [3.8, 4) is 0 Å². The summed E-state index contributed by atoms with van der Waals surface area (Å²) in [4.78, 5) is 0. The summed E-state index contributed by atoms with van der Waals surface area (Å²) >= 11 is 0. The molecular formula is C13H9F3N3O2. The lowest BCUT2D eigenvalue weighted by Crippen LogP contribution is -2.14. The van der Waals surface area contributed by atoms with Crippen LogP contribution in [0.3, 0.4) is 0 Å². The lowest BCUT2D eigenvalue weighted by atomic mass is 10.2. The Labute approximate surface area is 117 Å². The number of benzene rings is 1. The van der Waals surface area contributed by atoms with E-state index in [0.29, 0.717) is 11.3 Å². The summed E-state index contributed by atoms with van der Waals surface area (Å²) in [7, 11) is 0. The first-order valence-corrected chi connectivity index (χ1v) is 5.94. The Hall–Kier alpha value is -2.51. The van der Waals surface area contributed by atoms with E-state index in [9.17, 15) is 13.2 Å². The molecule has 8 heteroatoms. The van der Waals surface area contributed by atoms with Crippen LogP contribution in [0.1, 0.15) is 16.9 Å². The molecule has 0 unspecified atom stereocenters. The van der Waals surface area contributed by atoms with Crippen molar-refractivity contribution in [3.05, 3.63) is 47.3 Å². The van der Waals surface area contributed by atoms with E-state index in [0.717, 1.165) is 12.1 Å². The van der Waals surface area contributed by atoms with E-state index in [1.807, 2.05) is 0 Å². The van der Waals surface area contributed by atoms with E-state index in [4.69, 9.17) is 9.26 Å². The topological polar surface area (TPSA) is 50.9 Å². The van der Waals surface area contributed by atoms with Crippen LogP contribution < -0.4 is 5.01 Å². The van der Waals surface area contributed by atoms with Crippen molar-refractivity contribution in [2.75, 3.05) is 11.7 Å². The van der Waals surface area contributed by atoms with Crippen molar-refractivity contribution >= 4 is 11.6 Å². The molecular weight excluding hydrogens is 287 g/mol. The first kappa shape index (κ1) is 13.5.